The second-order valence-corrected chi connectivity index (χ2v) is 10.4. The monoisotopic (exact) mass is 600 g/mol. The second kappa shape index (κ2) is 13.4. The molecule has 0 radical (unpaired) electrons. The fourth-order valence-electron chi connectivity index (χ4n) is 5.04. The molecule has 1 atom stereocenters. The molecule has 2 amide bonds. The maximum absolute atomic E-state index is 14.0. The highest BCUT2D eigenvalue weighted by atomic mass is 19.4. The van der Waals surface area contributed by atoms with E-state index >= 15 is 0 Å². The number of rotatable bonds is 9. The predicted octanol–water partition coefficient (Wildman–Crippen LogP) is 6.67. The molecule has 5 rings (SSSR count). The minimum absolute atomic E-state index is 0.0168. The molecular weight excluding hydrogens is 569 g/mol. The van der Waals surface area contributed by atoms with Crippen molar-refractivity contribution >= 4 is 35.0 Å². The Morgan fingerprint density at radius 3 is 2.41 bits per heavy atom. The van der Waals surface area contributed by atoms with Crippen LogP contribution in [0.15, 0.2) is 97.7 Å². The van der Waals surface area contributed by atoms with Gasteiger partial charge in [-0.1, -0.05) is 61.2 Å². The van der Waals surface area contributed by atoms with E-state index in [1.54, 1.807) is 47.4 Å². The van der Waals surface area contributed by atoms with E-state index in [4.69, 9.17) is 0 Å². The lowest BCUT2D eigenvalue weighted by Gasteiger charge is -2.33. The number of aromatic nitrogens is 2. The van der Waals surface area contributed by atoms with Gasteiger partial charge in [0.25, 0.3) is 5.91 Å². The van der Waals surface area contributed by atoms with Crippen LogP contribution < -0.4 is 16.0 Å². The van der Waals surface area contributed by atoms with Gasteiger partial charge in [-0.3, -0.25) is 9.59 Å². The minimum atomic E-state index is -4.75. The highest BCUT2D eigenvalue weighted by molar-refractivity contribution is 6.01. The molecule has 11 heteroatoms. The topological polar surface area (TPSA) is 99.2 Å². The number of nitrogens with one attached hydrogen (secondary N) is 3. The molecule has 226 valence electrons. The number of carbonyl (C=O) groups is 2. The molecule has 8 nitrogen and oxygen atoms in total. The van der Waals surface area contributed by atoms with Gasteiger partial charge in [-0.25, -0.2) is 4.98 Å². The first-order valence-electron chi connectivity index (χ1n) is 14.1. The first kappa shape index (κ1) is 30.3. The molecule has 4 aromatic rings. The molecule has 0 aliphatic carbocycles. The largest absolute Gasteiger partial charge is 0.421 e. The van der Waals surface area contributed by atoms with E-state index in [0.29, 0.717) is 37.9 Å². The van der Waals surface area contributed by atoms with Crippen LogP contribution >= 0.6 is 0 Å². The fraction of sp³-hybridized carbons (Fsp3) is 0.212. The summed E-state index contributed by atoms with van der Waals surface area (Å²) in [5.41, 5.74) is 1.86. The Labute approximate surface area is 253 Å². The molecule has 2 heterocycles. The minimum Gasteiger partial charge on any atom is -0.350 e. The molecule has 1 aromatic heterocycles. The van der Waals surface area contributed by atoms with Gasteiger partial charge in [0.1, 0.15) is 11.4 Å². The van der Waals surface area contributed by atoms with Crippen LogP contribution in [0.3, 0.4) is 0 Å². The van der Waals surface area contributed by atoms with Crippen molar-refractivity contribution < 1.29 is 22.8 Å². The van der Waals surface area contributed by atoms with Crippen molar-refractivity contribution in [2.24, 2.45) is 0 Å². The van der Waals surface area contributed by atoms with Crippen molar-refractivity contribution in [3.63, 3.8) is 0 Å². The average Bonchev–Trinajstić information content (AvgIpc) is 3.02. The van der Waals surface area contributed by atoms with Gasteiger partial charge >= 0.3 is 6.18 Å². The first-order valence-corrected chi connectivity index (χ1v) is 14.1. The molecule has 0 saturated carbocycles. The third-order valence-electron chi connectivity index (χ3n) is 7.19. The fourth-order valence-corrected chi connectivity index (χ4v) is 5.04. The molecule has 1 aliphatic rings. The van der Waals surface area contributed by atoms with E-state index in [9.17, 15) is 22.8 Å². The van der Waals surface area contributed by atoms with Crippen LogP contribution in [0.4, 0.5) is 36.3 Å². The van der Waals surface area contributed by atoms with Crippen LogP contribution in [-0.4, -0.2) is 45.8 Å². The number of halogens is 3. The van der Waals surface area contributed by atoms with Crippen molar-refractivity contribution in [3.05, 3.63) is 120 Å². The number of amides is 2. The first-order chi connectivity index (χ1) is 21.2. The number of anilines is 4. The average molecular weight is 601 g/mol. The molecule has 1 saturated heterocycles. The number of hydrogen-bond acceptors (Lipinski definition) is 6. The van der Waals surface area contributed by atoms with Gasteiger partial charge in [-0.05, 0) is 60.7 Å². The summed E-state index contributed by atoms with van der Waals surface area (Å²) in [6, 6.07) is 23.4. The van der Waals surface area contributed by atoms with E-state index in [1.807, 2.05) is 36.4 Å². The molecule has 44 heavy (non-hydrogen) atoms. The van der Waals surface area contributed by atoms with Crippen LogP contribution in [0.2, 0.25) is 0 Å². The van der Waals surface area contributed by atoms with E-state index in [0.717, 1.165) is 23.4 Å². The number of hydrogen-bond donors (Lipinski definition) is 3. The molecule has 1 fully saturated rings. The summed E-state index contributed by atoms with van der Waals surface area (Å²) < 4.78 is 42.1. The Morgan fingerprint density at radius 1 is 0.977 bits per heavy atom. The van der Waals surface area contributed by atoms with E-state index < -0.39 is 23.5 Å². The zero-order valence-corrected chi connectivity index (χ0v) is 23.8. The Bertz CT molecular complexity index is 1630. The number of carbonyl (C=O) groups excluding carboxylic acids is 2. The predicted molar refractivity (Wildman–Crippen MR) is 164 cm³/mol. The Kier molecular flexibility index (Phi) is 9.23. The number of alkyl halides is 3. The van der Waals surface area contributed by atoms with Gasteiger partial charge in [0.15, 0.2) is 0 Å². The number of benzene rings is 3. The van der Waals surface area contributed by atoms with Crippen LogP contribution in [0.5, 0.6) is 0 Å². The quantitative estimate of drug-likeness (QED) is 0.186. The second-order valence-electron chi connectivity index (χ2n) is 10.4. The molecular formula is C33H31F3N6O2. The summed E-state index contributed by atoms with van der Waals surface area (Å²) in [4.78, 5) is 35.0. The lowest BCUT2D eigenvalue weighted by Crippen LogP contribution is -2.45. The normalized spacial score (nSPS) is 14.9. The van der Waals surface area contributed by atoms with Gasteiger partial charge in [-0.15, -0.1) is 0 Å². The van der Waals surface area contributed by atoms with E-state index in [2.05, 4.69) is 32.5 Å². The molecule has 0 unspecified atom stereocenters. The summed E-state index contributed by atoms with van der Waals surface area (Å²) in [5.74, 6) is -1.12. The SMILES string of the molecule is C=CC(=O)Nc1cc(Cc2ccccc2)ccc1Nc1nc(N[C@H]2CCCN(C(=O)c3ccccc3)C2)ncc1C(F)(F)F. The molecule has 3 N–H and O–H groups in total. The van der Waals surface area contributed by atoms with Crippen molar-refractivity contribution in [1.82, 2.24) is 14.9 Å². The van der Waals surface area contributed by atoms with Crippen LogP contribution in [0, 0.1) is 0 Å². The molecule has 0 spiro atoms. The lowest BCUT2D eigenvalue weighted by atomic mass is 10.0. The van der Waals surface area contributed by atoms with E-state index in [1.165, 1.54) is 0 Å². The molecule has 0 bridgehead atoms. The third kappa shape index (κ3) is 7.60. The van der Waals surface area contributed by atoms with Gasteiger partial charge in [0, 0.05) is 30.9 Å². The van der Waals surface area contributed by atoms with Gasteiger partial charge in [0.2, 0.25) is 11.9 Å². The van der Waals surface area contributed by atoms with Gasteiger partial charge in [0.05, 0.1) is 11.4 Å². The van der Waals surface area contributed by atoms with Crippen molar-refractivity contribution in [3.8, 4) is 0 Å². The number of nitrogens with zero attached hydrogens (tertiary/aromatic N) is 3. The highest BCUT2D eigenvalue weighted by Crippen LogP contribution is 2.37. The van der Waals surface area contributed by atoms with Gasteiger partial charge in [-0.2, -0.15) is 18.2 Å². The Hall–Kier alpha value is -5.19. The van der Waals surface area contributed by atoms with Crippen molar-refractivity contribution in [1.29, 1.82) is 0 Å². The maximum atomic E-state index is 14.0. The Balaban J connectivity index is 1.39. The zero-order valence-electron chi connectivity index (χ0n) is 23.8. The van der Waals surface area contributed by atoms with Crippen molar-refractivity contribution in [2.75, 3.05) is 29.0 Å². The Morgan fingerprint density at radius 2 is 1.70 bits per heavy atom. The standard InChI is InChI=1S/C33H31F3N6O2/c1-2-29(43)39-28-19-23(18-22-10-5-3-6-11-22)15-16-27(28)40-30-26(33(34,35)36)20-37-32(41-30)38-25-14-9-17-42(21-25)31(44)24-12-7-4-8-13-24/h2-8,10-13,15-16,19-20,25H,1,9,14,17-18,21H2,(H,39,43)(H2,37,38,40,41)/t25-/m0/s1. The van der Waals surface area contributed by atoms with Crippen molar-refractivity contribution in [2.45, 2.75) is 31.5 Å². The zero-order chi connectivity index (χ0) is 31.1. The van der Waals surface area contributed by atoms with Crippen LogP contribution in [0.25, 0.3) is 0 Å². The van der Waals surface area contributed by atoms with E-state index in [-0.39, 0.29) is 29.3 Å². The highest BCUT2D eigenvalue weighted by Gasteiger charge is 2.36. The molecule has 1 aliphatic heterocycles. The summed E-state index contributed by atoms with van der Waals surface area (Å²) in [6.45, 7) is 4.40. The van der Waals surface area contributed by atoms with Crippen LogP contribution in [-0.2, 0) is 17.4 Å². The third-order valence-corrected chi connectivity index (χ3v) is 7.19. The van der Waals surface area contributed by atoms with Gasteiger partial charge < -0.3 is 20.9 Å². The number of piperidine rings is 1. The maximum Gasteiger partial charge on any atom is 0.421 e. The summed E-state index contributed by atoms with van der Waals surface area (Å²) in [6.07, 6.45) is -0.992. The summed E-state index contributed by atoms with van der Waals surface area (Å²) in [7, 11) is 0. The lowest BCUT2D eigenvalue weighted by molar-refractivity contribution is -0.137. The summed E-state index contributed by atoms with van der Waals surface area (Å²) in [5, 5.41) is 8.55. The smallest absolute Gasteiger partial charge is 0.350 e. The number of likely N-dealkylation sites (tertiary alicyclic amines) is 1. The molecule has 3 aromatic carbocycles. The van der Waals surface area contributed by atoms with Crippen LogP contribution in [0.1, 0.15) is 39.9 Å². The summed E-state index contributed by atoms with van der Waals surface area (Å²) >= 11 is 0.